The first-order chi connectivity index (χ1) is 18.7. The molecule has 2 saturated heterocycles. The Morgan fingerprint density at radius 1 is 1.10 bits per heavy atom. The third kappa shape index (κ3) is 5.21. The van der Waals surface area contributed by atoms with Gasteiger partial charge in [0.25, 0.3) is 5.91 Å². The summed E-state index contributed by atoms with van der Waals surface area (Å²) in [6.45, 7) is 3.81. The Labute approximate surface area is 226 Å². The highest BCUT2D eigenvalue weighted by Crippen LogP contribution is 2.34. The predicted octanol–water partition coefficient (Wildman–Crippen LogP) is 1.65. The zero-order valence-electron chi connectivity index (χ0n) is 21.7. The van der Waals surface area contributed by atoms with E-state index >= 15 is 0 Å². The first-order valence-electron chi connectivity index (χ1n) is 12.8. The minimum atomic E-state index is -3.95. The van der Waals surface area contributed by atoms with E-state index in [-0.39, 0.29) is 35.6 Å². The van der Waals surface area contributed by atoms with E-state index < -0.39 is 34.1 Å². The Balaban J connectivity index is 1.33. The van der Waals surface area contributed by atoms with Gasteiger partial charge in [0, 0.05) is 42.6 Å². The number of fused-ring (bicyclic) bond motifs is 1. The second-order valence-electron chi connectivity index (χ2n) is 10.2. The number of Topliss-reactive ketones (excluding diaryl/α,β-unsaturated/α-hetero) is 1. The molecule has 2 aromatic heterocycles. The van der Waals surface area contributed by atoms with Crippen LogP contribution in [0, 0.1) is 5.92 Å². The Morgan fingerprint density at radius 2 is 1.87 bits per heavy atom. The van der Waals surface area contributed by atoms with Crippen molar-refractivity contribution in [3.8, 4) is 5.69 Å². The largest absolute Gasteiger partial charge is 0.340 e. The molecule has 2 aliphatic rings. The zero-order valence-corrected chi connectivity index (χ0v) is 22.5. The number of benzene rings is 1. The number of nitrogens with one attached hydrogen (secondary N) is 1. The Kier molecular flexibility index (Phi) is 7.32. The van der Waals surface area contributed by atoms with Crippen molar-refractivity contribution in [3.05, 3.63) is 73.1 Å². The number of ketones is 1. The lowest BCUT2D eigenvalue weighted by Crippen LogP contribution is -2.53. The summed E-state index contributed by atoms with van der Waals surface area (Å²) in [6, 6.07) is 7.49. The van der Waals surface area contributed by atoms with Gasteiger partial charge in [0.2, 0.25) is 15.9 Å². The zero-order chi connectivity index (χ0) is 27.7. The van der Waals surface area contributed by atoms with Crippen LogP contribution >= 0.6 is 0 Å². The molecule has 2 aliphatic heterocycles. The number of hydrogen-bond donors (Lipinski definition) is 1. The number of hydrogen-bond acceptors (Lipinski definition) is 7. The minimum absolute atomic E-state index is 0.00670. The number of sulfonamides is 1. The molecule has 1 aromatic carbocycles. The van der Waals surface area contributed by atoms with Crippen molar-refractivity contribution in [2.75, 3.05) is 13.1 Å². The van der Waals surface area contributed by atoms with E-state index in [2.05, 4.69) is 15.3 Å². The molecule has 3 unspecified atom stereocenters. The molecule has 1 N–H and O–H groups in total. The molecule has 3 aromatic rings. The van der Waals surface area contributed by atoms with Crippen molar-refractivity contribution in [2.45, 2.75) is 49.7 Å². The van der Waals surface area contributed by atoms with Gasteiger partial charge in [0.1, 0.15) is 17.0 Å². The van der Waals surface area contributed by atoms with Gasteiger partial charge in [-0.25, -0.2) is 13.4 Å². The molecule has 11 nitrogen and oxygen atoms in total. The summed E-state index contributed by atoms with van der Waals surface area (Å²) in [4.78, 5) is 49.3. The van der Waals surface area contributed by atoms with E-state index in [1.165, 1.54) is 33.7 Å². The van der Waals surface area contributed by atoms with Gasteiger partial charge in [-0.15, -0.1) is 0 Å². The molecule has 2 fully saturated rings. The number of rotatable bonds is 8. The third-order valence-electron chi connectivity index (χ3n) is 7.14. The molecular weight excluding hydrogens is 520 g/mol. The van der Waals surface area contributed by atoms with Crippen LogP contribution in [0.1, 0.15) is 37.0 Å². The Bertz CT molecular complexity index is 1460. The highest BCUT2D eigenvalue weighted by molar-refractivity contribution is 7.89. The number of pyridine rings is 1. The van der Waals surface area contributed by atoms with Crippen LogP contribution in [0.2, 0.25) is 0 Å². The van der Waals surface area contributed by atoms with Gasteiger partial charge in [-0.2, -0.15) is 4.31 Å². The maximum absolute atomic E-state index is 13.7. The van der Waals surface area contributed by atoms with Gasteiger partial charge >= 0.3 is 0 Å². The van der Waals surface area contributed by atoms with Crippen LogP contribution in [-0.2, 0) is 19.6 Å². The van der Waals surface area contributed by atoms with Crippen molar-refractivity contribution < 1.29 is 22.8 Å². The number of carbonyl (C=O) groups excluding carboxylic acids is 3. The average Bonchev–Trinajstić information content (AvgIpc) is 3.67. The molecule has 4 heterocycles. The van der Waals surface area contributed by atoms with Crippen LogP contribution in [0.5, 0.6) is 0 Å². The van der Waals surface area contributed by atoms with Gasteiger partial charge in [-0.3, -0.25) is 19.4 Å². The minimum Gasteiger partial charge on any atom is -0.340 e. The number of nitrogens with zero attached hydrogens (tertiary/aromatic N) is 5. The summed E-state index contributed by atoms with van der Waals surface area (Å²) in [6.07, 6.45) is 8.54. The Hall–Kier alpha value is -3.90. The topological polar surface area (TPSA) is 135 Å². The van der Waals surface area contributed by atoms with Crippen molar-refractivity contribution in [1.82, 2.24) is 29.1 Å². The summed E-state index contributed by atoms with van der Waals surface area (Å²) < 4.78 is 29.5. The number of aromatic nitrogens is 3. The fourth-order valence-electron chi connectivity index (χ4n) is 5.31. The average molecular weight is 551 g/mol. The highest BCUT2D eigenvalue weighted by Gasteiger charge is 2.54. The lowest BCUT2D eigenvalue weighted by atomic mass is 10.0. The van der Waals surface area contributed by atoms with Crippen LogP contribution in [0.4, 0.5) is 0 Å². The summed E-state index contributed by atoms with van der Waals surface area (Å²) in [5.74, 6) is -1.03. The lowest BCUT2D eigenvalue weighted by Gasteiger charge is -2.29. The fourth-order valence-corrected chi connectivity index (χ4v) is 6.90. The molecule has 0 aliphatic carbocycles. The predicted molar refractivity (Wildman–Crippen MR) is 141 cm³/mol. The third-order valence-corrected chi connectivity index (χ3v) is 9.00. The van der Waals surface area contributed by atoms with Crippen molar-refractivity contribution in [1.29, 1.82) is 0 Å². The maximum Gasteiger partial charge on any atom is 0.251 e. The highest BCUT2D eigenvalue weighted by atomic mass is 32.2. The number of amides is 2. The fraction of sp³-hybridized carbons (Fsp3) is 0.370. The molecule has 12 heteroatoms. The van der Waals surface area contributed by atoms with Crippen LogP contribution < -0.4 is 5.32 Å². The second-order valence-corrected chi connectivity index (χ2v) is 12.1. The molecular formula is C27H30N6O5S. The maximum atomic E-state index is 13.7. The molecule has 39 heavy (non-hydrogen) atoms. The molecule has 0 radical (unpaired) electrons. The van der Waals surface area contributed by atoms with Gasteiger partial charge in [0.05, 0.1) is 18.9 Å². The van der Waals surface area contributed by atoms with Gasteiger partial charge in [0.15, 0.2) is 5.78 Å². The van der Waals surface area contributed by atoms with Crippen LogP contribution in [0.25, 0.3) is 5.69 Å². The molecule has 204 valence electrons. The molecule has 0 bridgehead atoms. The Morgan fingerprint density at radius 3 is 2.51 bits per heavy atom. The molecule has 0 saturated carbocycles. The quantitative estimate of drug-likeness (QED) is 0.451. The van der Waals surface area contributed by atoms with Crippen molar-refractivity contribution in [3.63, 3.8) is 0 Å². The summed E-state index contributed by atoms with van der Waals surface area (Å²) >= 11 is 0. The van der Waals surface area contributed by atoms with E-state index in [0.29, 0.717) is 18.4 Å². The molecule has 5 rings (SSSR count). The summed E-state index contributed by atoms with van der Waals surface area (Å²) in [7, 11) is -3.95. The molecule has 0 spiro atoms. The molecule has 2 amide bonds. The molecule has 3 atom stereocenters. The van der Waals surface area contributed by atoms with Crippen LogP contribution in [0.15, 0.2) is 72.4 Å². The number of likely N-dealkylation sites (tertiary alicyclic amines) is 1. The number of imidazole rings is 1. The SMILES string of the molecule is CC(C)CC(NC(=O)c1ccc(-n2ccnc2)cc1)C(=O)N1CCC2C1C(=O)CN2S(=O)(=O)c1cccnc1. The van der Waals surface area contributed by atoms with Crippen molar-refractivity contribution >= 4 is 27.6 Å². The van der Waals surface area contributed by atoms with Gasteiger partial charge in [-0.05, 0) is 55.2 Å². The van der Waals surface area contributed by atoms with E-state index in [1.54, 1.807) is 43.0 Å². The van der Waals surface area contributed by atoms with E-state index in [9.17, 15) is 22.8 Å². The van der Waals surface area contributed by atoms with E-state index in [1.807, 2.05) is 18.4 Å². The van der Waals surface area contributed by atoms with Gasteiger partial charge in [-0.1, -0.05) is 13.8 Å². The first-order valence-corrected chi connectivity index (χ1v) is 14.2. The van der Waals surface area contributed by atoms with E-state index in [0.717, 1.165) is 5.69 Å². The van der Waals surface area contributed by atoms with E-state index in [4.69, 9.17) is 0 Å². The van der Waals surface area contributed by atoms with Crippen molar-refractivity contribution in [2.24, 2.45) is 5.92 Å². The van der Waals surface area contributed by atoms with Crippen LogP contribution in [-0.4, -0.2) is 81.0 Å². The van der Waals surface area contributed by atoms with Gasteiger partial charge < -0.3 is 14.8 Å². The lowest BCUT2D eigenvalue weighted by molar-refractivity contribution is -0.138. The summed E-state index contributed by atoms with van der Waals surface area (Å²) in [5, 5.41) is 2.86. The smallest absolute Gasteiger partial charge is 0.251 e. The first kappa shape index (κ1) is 26.7. The van der Waals surface area contributed by atoms with Crippen LogP contribution in [0.3, 0.4) is 0 Å². The normalized spacial score (nSPS) is 20.3. The summed E-state index contributed by atoms with van der Waals surface area (Å²) in [5.41, 5.74) is 1.23. The number of carbonyl (C=O) groups is 3. The second kappa shape index (κ2) is 10.7. The monoisotopic (exact) mass is 550 g/mol. The standard InChI is InChI=1S/C27H30N6O5S/c1-18(2)14-22(30-26(35)19-5-7-20(8-6-19)31-13-11-29-17-31)27(36)32-12-9-23-25(32)24(34)16-33(23)39(37,38)21-4-3-10-28-15-21/h3-8,10-11,13,15,17-18,22-23,25H,9,12,14,16H2,1-2H3,(H,30,35).